The number of rotatable bonds is 33. The molecule has 0 aliphatic rings. The molecule has 0 aromatic rings. The Morgan fingerprint density at radius 2 is 0.889 bits per heavy atom. The molecule has 6 nitrogen and oxygen atoms in total. The van der Waals surface area contributed by atoms with Gasteiger partial charge in [0.05, 0.1) is 6.61 Å². The zero-order valence-corrected chi connectivity index (χ0v) is 29.6. The number of aliphatic hydroxyl groups is 2. The van der Waals surface area contributed by atoms with Crippen molar-refractivity contribution in [3.05, 3.63) is 24.3 Å². The monoisotopic (exact) mass is 638 g/mol. The molecule has 0 aliphatic heterocycles. The Hall–Kier alpha value is -1.66. The maximum Gasteiger partial charge on any atom is 0.305 e. The molecule has 266 valence electrons. The van der Waals surface area contributed by atoms with E-state index in [1.165, 1.54) is 122 Å². The zero-order chi connectivity index (χ0) is 33.5. The zero-order valence-electron chi connectivity index (χ0n) is 29.6. The van der Waals surface area contributed by atoms with Crippen molar-refractivity contribution in [2.24, 2.45) is 0 Å². The molecule has 0 fully saturated rings. The van der Waals surface area contributed by atoms with E-state index in [0.29, 0.717) is 6.42 Å². The molecule has 0 aromatic carbocycles. The molecule has 0 saturated carbocycles. The molecule has 0 spiro atoms. The van der Waals surface area contributed by atoms with E-state index in [1.54, 1.807) is 0 Å². The number of aliphatic hydroxyl groups excluding tert-OH is 2. The van der Waals surface area contributed by atoms with E-state index < -0.39 is 12.1 Å². The Bertz CT molecular complexity index is 660. The highest BCUT2D eigenvalue weighted by Crippen LogP contribution is 2.11. The molecule has 1 atom stereocenters. The predicted octanol–water partition coefficient (Wildman–Crippen LogP) is 9.69. The summed E-state index contributed by atoms with van der Waals surface area (Å²) >= 11 is 0. The number of ether oxygens (including phenoxy) is 1. The Morgan fingerprint density at radius 1 is 0.556 bits per heavy atom. The summed E-state index contributed by atoms with van der Waals surface area (Å²) in [4.78, 5) is 21.6. The van der Waals surface area contributed by atoms with E-state index in [2.05, 4.69) is 38.2 Å². The predicted molar refractivity (Wildman–Crippen MR) is 188 cm³/mol. The molecule has 2 N–H and O–H groups in total. The third-order valence-corrected chi connectivity index (χ3v) is 7.93. The number of allylic oxidation sites excluding steroid dienone is 4. The molecular formula is C39H73O6-. The van der Waals surface area contributed by atoms with Gasteiger partial charge in [-0.05, 0) is 70.6 Å². The first-order chi connectivity index (χ1) is 22.0. The second-order valence-electron chi connectivity index (χ2n) is 12.6. The van der Waals surface area contributed by atoms with Crippen LogP contribution in [0.15, 0.2) is 24.3 Å². The van der Waals surface area contributed by atoms with Crippen molar-refractivity contribution in [1.29, 1.82) is 0 Å². The van der Waals surface area contributed by atoms with Crippen LogP contribution < -0.4 is 5.11 Å². The van der Waals surface area contributed by atoms with E-state index in [9.17, 15) is 14.7 Å². The molecule has 1 unspecified atom stereocenters. The summed E-state index contributed by atoms with van der Waals surface area (Å²) in [6, 6.07) is 0. The Kier molecular flexibility index (Phi) is 40.8. The highest BCUT2D eigenvalue weighted by molar-refractivity contribution is 5.69. The number of carboxylic acid groups (broad SMARTS) is 1. The van der Waals surface area contributed by atoms with Crippen LogP contribution in [0.3, 0.4) is 0 Å². The highest BCUT2D eigenvalue weighted by atomic mass is 16.5. The SMILES string of the molecule is CCCCCCCC/C=C\CCCCCCCC(=O)OCC(O)CO.CCCCCCCC/C=C\CCCCCCCC(=O)[O-]. The minimum atomic E-state index is -0.960. The van der Waals surface area contributed by atoms with Crippen LogP contribution in [0.2, 0.25) is 0 Å². The van der Waals surface area contributed by atoms with Crippen molar-refractivity contribution in [2.45, 2.75) is 200 Å². The largest absolute Gasteiger partial charge is 0.550 e. The molecule has 45 heavy (non-hydrogen) atoms. The van der Waals surface area contributed by atoms with Gasteiger partial charge < -0.3 is 24.9 Å². The van der Waals surface area contributed by atoms with E-state index in [-0.39, 0.29) is 25.6 Å². The highest BCUT2D eigenvalue weighted by Gasteiger charge is 2.07. The van der Waals surface area contributed by atoms with Gasteiger partial charge in [-0.15, -0.1) is 0 Å². The molecule has 0 radical (unpaired) electrons. The average Bonchev–Trinajstić information content (AvgIpc) is 3.03. The van der Waals surface area contributed by atoms with E-state index in [1.807, 2.05) is 0 Å². The Labute approximate surface area is 278 Å². The van der Waals surface area contributed by atoms with Gasteiger partial charge in [-0.3, -0.25) is 4.79 Å². The first-order valence-electron chi connectivity index (χ1n) is 18.9. The molecule has 0 saturated heterocycles. The van der Waals surface area contributed by atoms with Gasteiger partial charge in [-0.2, -0.15) is 0 Å². The third kappa shape index (κ3) is 44.5. The van der Waals surface area contributed by atoms with Crippen molar-refractivity contribution >= 4 is 11.9 Å². The maximum atomic E-state index is 11.4. The van der Waals surface area contributed by atoms with Gasteiger partial charge in [0, 0.05) is 12.4 Å². The normalized spacial score (nSPS) is 12.0. The average molecular weight is 638 g/mol. The number of unbranched alkanes of at least 4 members (excludes halogenated alkanes) is 22. The number of carboxylic acids is 1. The summed E-state index contributed by atoms with van der Waals surface area (Å²) in [5.74, 6) is -1.20. The van der Waals surface area contributed by atoms with Gasteiger partial charge in [-0.1, -0.05) is 141 Å². The van der Waals surface area contributed by atoms with Crippen LogP contribution in [0, 0.1) is 0 Å². The van der Waals surface area contributed by atoms with E-state index >= 15 is 0 Å². The van der Waals surface area contributed by atoms with Crippen LogP contribution in [0.1, 0.15) is 194 Å². The standard InChI is InChI=1S/C21H40O4.C18H34O2/c1-2-3-4-5-6-7-8-9-10-11-12-13-14-15-16-17-21(24)25-19-20(23)18-22;1-2-3-4-5-6-7-8-9-10-11-12-13-14-15-16-17-18(19)20/h9-10,20,22-23H,2-8,11-19H2,1H3;9-10H,2-8,11-17H2,1H3,(H,19,20)/p-1/b2*10-9-. The second kappa shape index (κ2) is 40.4. The first kappa shape index (κ1) is 45.5. The van der Waals surface area contributed by atoms with Gasteiger partial charge in [0.2, 0.25) is 0 Å². The van der Waals surface area contributed by atoms with Crippen molar-refractivity contribution in [3.63, 3.8) is 0 Å². The number of hydrogen-bond acceptors (Lipinski definition) is 6. The van der Waals surface area contributed by atoms with Gasteiger partial charge in [0.25, 0.3) is 0 Å². The summed E-state index contributed by atoms with van der Waals surface area (Å²) in [5, 5.41) is 27.9. The molecule has 0 heterocycles. The van der Waals surface area contributed by atoms with Crippen LogP contribution in [0.4, 0.5) is 0 Å². The number of carbonyl (C=O) groups is 2. The first-order valence-corrected chi connectivity index (χ1v) is 18.9. The number of hydrogen-bond donors (Lipinski definition) is 2. The molecule has 0 rings (SSSR count). The van der Waals surface area contributed by atoms with Crippen molar-refractivity contribution in [2.75, 3.05) is 13.2 Å². The topological polar surface area (TPSA) is 107 Å². The number of aliphatic carboxylic acids is 1. The summed E-state index contributed by atoms with van der Waals surface area (Å²) < 4.78 is 4.86. The van der Waals surface area contributed by atoms with Crippen LogP contribution in [0.5, 0.6) is 0 Å². The molecule has 0 aromatic heterocycles. The van der Waals surface area contributed by atoms with Gasteiger partial charge in [0.15, 0.2) is 0 Å². The number of carbonyl (C=O) groups excluding carboxylic acids is 2. The van der Waals surface area contributed by atoms with E-state index in [4.69, 9.17) is 14.9 Å². The summed E-state index contributed by atoms with van der Waals surface area (Å²) in [5.41, 5.74) is 0. The molecule has 0 bridgehead atoms. The molecule has 0 amide bonds. The lowest BCUT2D eigenvalue weighted by Crippen LogP contribution is -2.21. The lowest BCUT2D eigenvalue weighted by Gasteiger charge is -2.08. The fraction of sp³-hybridized carbons (Fsp3) is 0.846. The maximum absolute atomic E-state index is 11.4. The van der Waals surface area contributed by atoms with Crippen LogP contribution in [-0.4, -0.2) is 41.5 Å². The summed E-state index contributed by atoms with van der Waals surface area (Å²) in [6.07, 6.45) is 41.0. The van der Waals surface area contributed by atoms with Gasteiger partial charge in [0.1, 0.15) is 12.7 Å². The quantitative estimate of drug-likeness (QED) is 0.0421. The summed E-state index contributed by atoms with van der Waals surface area (Å²) in [7, 11) is 0. The van der Waals surface area contributed by atoms with Crippen molar-refractivity contribution < 1.29 is 29.6 Å². The fourth-order valence-electron chi connectivity index (χ4n) is 4.99. The minimum absolute atomic E-state index is 0.111. The minimum Gasteiger partial charge on any atom is -0.550 e. The Balaban J connectivity index is 0. The van der Waals surface area contributed by atoms with Crippen LogP contribution in [0.25, 0.3) is 0 Å². The third-order valence-electron chi connectivity index (χ3n) is 7.93. The second-order valence-corrected chi connectivity index (χ2v) is 12.6. The molecule has 6 heteroatoms. The van der Waals surface area contributed by atoms with Gasteiger partial charge in [-0.25, -0.2) is 0 Å². The van der Waals surface area contributed by atoms with Crippen molar-refractivity contribution in [3.8, 4) is 0 Å². The van der Waals surface area contributed by atoms with Gasteiger partial charge >= 0.3 is 5.97 Å². The van der Waals surface area contributed by atoms with Crippen LogP contribution >= 0.6 is 0 Å². The molecule has 0 aliphatic carbocycles. The van der Waals surface area contributed by atoms with Crippen LogP contribution in [-0.2, 0) is 14.3 Å². The summed E-state index contributed by atoms with van der Waals surface area (Å²) in [6.45, 7) is 4.02. The number of esters is 1. The lowest BCUT2D eigenvalue weighted by atomic mass is 10.1. The molecular weight excluding hydrogens is 564 g/mol. The fourth-order valence-corrected chi connectivity index (χ4v) is 4.99. The smallest absolute Gasteiger partial charge is 0.305 e. The lowest BCUT2D eigenvalue weighted by molar-refractivity contribution is -0.305. The van der Waals surface area contributed by atoms with Crippen molar-refractivity contribution in [1.82, 2.24) is 0 Å². The van der Waals surface area contributed by atoms with E-state index in [0.717, 1.165) is 44.9 Å². The Morgan fingerprint density at radius 3 is 1.24 bits per heavy atom.